The molecule has 1 amide bonds. The van der Waals surface area contributed by atoms with Crippen molar-refractivity contribution in [3.05, 3.63) is 60.8 Å². The number of hydrogen-bond acceptors (Lipinski definition) is 6. The zero-order valence-electron chi connectivity index (χ0n) is 46.0. The molecule has 2 N–H and O–H groups in total. The average Bonchev–Trinajstić information content (AvgIpc) is 3.31. The third-order valence-electron chi connectivity index (χ3n) is 13.0. The minimum absolute atomic E-state index is 0.0124. The summed E-state index contributed by atoms with van der Waals surface area (Å²) in [6.45, 7) is 4.61. The number of quaternary nitrogens is 1. The average molecular weight is 990 g/mol. The number of phosphoric acid groups is 1. The number of nitrogens with one attached hydrogen (secondary N) is 1. The predicted molar refractivity (Wildman–Crippen MR) is 297 cm³/mol. The first-order chi connectivity index (χ1) is 33.5. The first kappa shape index (κ1) is 67.2. The second kappa shape index (κ2) is 51.1. The molecule has 0 aliphatic rings. The van der Waals surface area contributed by atoms with Gasteiger partial charge in [-0.1, -0.05) is 261 Å². The van der Waals surface area contributed by atoms with Crippen molar-refractivity contribution in [2.75, 3.05) is 40.9 Å². The summed E-state index contributed by atoms with van der Waals surface area (Å²) in [6, 6.07) is -0.799. The molecule has 0 aliphatic carbocycles. The van der Waals surface area contributed by atoms with Gasteiger partial charge in [0.1, 0.15) is 13.2 Å². The predicted octanol–water partition coefficient (Wildman–Crippen LogP) is 17.1. The standard InChI is InChI=1S/C60H113N2O6P/c1-6-8-10-12-14-16-18-20-21-22-23-24-25-26-27-28-29-30-31-32-33-34-35-36-37-38-39-40-41-42-44-46-48-50-52-54-60(64)61-58(57-68-69(65,66)67-56-55-62(3,4)5)59(63)53-51-49-47-45-43-19-17-15-13-11-9-7-2/h8,10,14,16,20-21,23-24,26-27,58-59,63H,6-7,9,11-13,15,17-19,22,25,28-57H2,1-5H3,(H-,61,64,65,66)/b10-8-,16-14-,21-20-,24-23-,27-26-. The van der Waals surface area contributed by atoms with E-state index >= 15 is 0 Å². The molecule has 3 atom stereocenters. The molecule has 0 spiro atoms. The fraction of sp³-hybridized carbons (Fsp3) is 0.817. The quantitative estimate of drug-likeness (QED) is 0.0272. The summed E-state index contributed by atoms with van der Waals surface area (Å²) in [5.41, 5.74) is 0. The van der Waals surface area contributed by atoms with E-state index in [2.05, 4.69) is 79.9 Å². The van der Waals surface area contributed by atoms with E-state index in [1.807, 2.05) is 21.1 Å². The van der Waals surface area contributed by atoms with Crippen LogP contribution in [0.1, 0.15) is 264 Å². The topological polar surface area (TPSA) is 108 Å². The van der Waals surface area contributed by atoms with E-state index in [0.717, 1.165) is 70.6 Å². The molecular weight excluding hydrogens is 876 g/mol. The number of amides is 1. The van der Waals surface area contributed by atoms with Crippen LogP contribution in [-0.2, 0) is 18.4 Å². The van der Waals surface area contributed by atoms with Gasteiger partial charge >= 0.3 is 0 Å². The van der Waals surface area contributed by atoms with Crippen LogP contribution in [0, 0.1) is 0 Å². The second-order valence-corrected chi connectivity index (χ2v) is 22.4. The molecule has 0 bridgehead atoms. The number of rotatable bonds is 53. The lowest BCUT2D eigenvalue weighted by Crippen LogP contribution is -2.46. The van der Waals surface area contributed by atoms with Crippen LogP contribution >= 0.6 is 7.82 Å². The van der Waals surface area contributed by atoms with Crippen molar-refractivity contribution in [3.63, 3.8) is 0 Å². The molecule has 0 aliphatic heterocycles. The first-order valence-corrected chi connectivity index (χ1v) is 30.6. The molecule has 0 saturated carbocycles. The Hall–Kier alpha value is -1.80. The monoisotopic (exact) mass is 989 g/mol. The number of aliphatic hydroxyl groups is 1. The number of carbonyl (C=O) groups excluding carboxylic acids is 1. The van der Waals surface area contributed by atoms with Crippen molar-refractivity contribution in [2.24, 2.45) is 0 Å². The summed E-state index contributed by atoms with van der Waals surface area (Å²) in [5, 5.41) is 14.0. The smallest absolute Gasteiger partial charge is 0.268 e. The van der Waals surface area contributed by atoms with E-state index in [0.29, 0.717) is 23.9 Å². The maximum absolute atomic E-state index is 13.0. The molecule has 69 heavy (non-hydrogen) atoms. The van der Waals surface area contributed by atoms with Crippen LogP contribution in [0.4, 0.5) is 0 Å². The summed E-state index contributed by atoms with van der Waals surface area (Å²) < 4.78 is 23.4. The molecule has 0 aromatic carbocycles. The fourth-order valence-corrected chi connectivity index (χ4v) is 9.20. The lowest BCUT2D eigenvalue weighted by atomic mass is 10.0. The minimum Gasteiger partial charge on any atom is -0.756 e. The Morgan fingerprint density at radius 3 is 1.29 bits per heavy atom. The SMILES string of the molecule is CC/C=C\C/C=C\C/C=C\C/C=C\C/C=C\CCCCCCCCCCCCCCCCCCCCCC(=O)NC(COP(=O)([O-])OCC[N+](C)(C)C)C(O)CCCCCCCCCCCCCC. The largest absolute Gasteiger partial charge is 0.756 e. The van der Waals surface area contributed by atoms with E-state index < -0.39 is 20.0 Å². The van der Waals surface area contributed by atoms with Crippen molar-refractivity contribution in [2.45, 2.75) is 276 Å². The van der Waals surface area contributed by atoms with Gasteiger partial charge in [0.2, 0.25) is 5.91 Å². The maximum atomic E-state index is 13.0. The number of hydrogen-bond donors (Lipinski definition) is 2. The lowest BCUT2D eigenvalue weighted by Gasteiger charge is -2.30. The molecule has 0 radical (unpaired) electrons. The second-order valence-electron chi connectivity index (χ2n) is 21.0. The Balaban J connectivity index is 3.95. The van der Waals surface area contributed by atoms with Gasteiger partial charge in [0.25, 0.3) is 7.82 Å². The maximum Gasteiger partial charge on any atom is 0.268 e. The number of nitrogens with zero attached hydrogens (tertiary/aromatic N) is 1. The van der Waals surface area contributed by atoms with Gasteiger partial charge in [0.05, 0.1) is 39.9 Å². The Morgan fingerprint density at radius 2 is 0.884 bits per heavy atom. The van der Waals surface area contributed by atoms with Gasteiger partial charge in [-0.15, -0.1) is 0 Å². The van der Waals surface area contributed by atoms with Crippen LogP contribution in [-0.4, -0.2) is 68.5 Å². The Labute approximate surface area is 428 Å². The van der Waals surface area contributed by atoms with Gasteiger partial charge in [-0.2, -0.15) is 0 Å². The van der Waals surface area contributed by atoms with Gasteiger partial charge in [-0.25, -0.2) is 0 Å². The summed E-state index contributed by atoms with van der Waals surface area (Å²) in [4.78, 5) is 25.5. The van der Waals surface area contributed by atoms with Crippen LogP contribution < -0.4 is 10.2 Å². The summed E-state index contributed by atoms with van der Waals surface area (Å²) >= 11 is 0. The van der Waals surface area contributed by atoms with E-state index in [1.165, 1.54) is 167 Å². The number of phosphoric ester groups is 1. The van der Waals surface area contributed by atoms with Crippen LogP contribution in [0.15, 0.2) is 60.8 Å². The van der Waals surface area contributed by atoms with E-state index in [4.69, 9.17) is 9.05 Å². The molecule has 0 saturated heterocycles. The zero-order chi connectivity index (χ0) is 50.6. The zero-order valence-corrected chi connectivity index (χ0v) is 46.9. The number of likely N-dealkylation sites (N-methyl/N-ethyl adjacent to an activating group) is 1. The van der Waals surface area contributed by atoms with Crippen LogP contribution in [0.2, 0.25) is 0 Å². The van der Waals surface area contributed by atoms with E-state index in [9.17, 15) is 19.4 Å². The minimum atomic E-state index is -4.57. The summed E-state index contributed by atoms with van der Waals surface area (Å²) in [7, 11) is 1.31. The number of carbonyl (C=O) groups is 1. The van der Waals surface area contributed by atoms with Crippen LogP contribution in [0.5, 0.6) is 0 Å². The summed E-state index contributed by atoms with van der Waals surface area (Å²) in [5.74, 6) is -0.163. The number of allylic oxidation sites excluding steroid dienone is 10. The molecule has 3 unspecified atom stereocenters. The van der Waals surface area contributed by atoms with Gasteiger partial charge in [0.15, 0.2) is 0 Å². The lowest BCUT2D eigenvalue weighted by molar-refractivity contribution is -0.870. The van der Waals surface area contributed by atoms with E-state index in [1.54, 1.807) is 0 Å². The third kappa shape index (κ3) is 53.8. The molecule has 0 heterocycles. The first-order valence-electron chi connectivity index (χ1n) is 29.1. The Kier molecular flexibility index (Phi) is 49.8. The van der Waals surface area contributed by atoms with Crippen molar-refractivity contribution in [1.29, 1.82) is 0 Å². The molecule has 0 aromatic rings. The highest BCUT2D eigenvalue weighted by Crippen LogP contribution is 2.38. The summed E-state index contributed by atoms with van der Waals surface area (Å²) in [6.07, 6.45) is 68.4. The highest BCUT2D eigenvalue weighted by atomic mass is 31.2. The molecule has 8 nitrogen and oxygen atoms in total. The fourth-order valence-electron chi connectivity index (χ4n) is 8.48. The molecule has 0 fully saturated rings. The molecule has 0 aromatic heterocycles. The highest BCUT2D eigenvalue weighted by Gasteiger charge is 2.24. The number of unbranched alkanes of at least 4 members (excludes halogenated alkanes) is 30. The molecule has 9 heteroatoms. The highest BCUT2D eigenvalue weighted by molar-refractivity contribution is 7.45. The van der Waals surface area contributed by atoms with Crippen LogP contribution in [0.3, 0.4) is 0 Å². The van der Waals surface area contributed by atoms with Gasteiger partial charge in [-0.05, 0) is 57.8 Å². The molecular formula is C60H113N2O6P. The van der Waals surface area contributed by atoms with Crippen molar-refractivity contribution >= 4 is 13.7 Å². The van der Waals surface area contributed by atoms with Crippen molar-refractivity contribution in [1.82, 2.24) is 5.32 Å². The van der Waals surface area contributed by atoms with Crippen molar-refractivity contribution in [3.8, 4) is 0 Å². The van der Waals surface area contributed by atoms with Crippen molar-refractivity contribution < 1.29 is 32.9 Å². The Bertz CT molecular complexity index is 1310. The van der Waals surface area contributed by atoms with Gasteiger partial charge in [-0.3, -0.25) is 9.36 Å². The Morgan fingerprint density at radius 1 is 0.522 bits per heavy atom. The molecule has 0 rings (SSSR count). The molecule has 404 valence electrons. The van der Waals surface area contributed by atoms with Gasteiger partial charge < -0.3 is 28.8 Å². The van der Waals surface area contributed by atoms with Crippen LogP contribution in [0.25, 0.3) is 0 Å². The van der Waals surface area contributed by atoms with Gasteiger partial charge in [0, 0.05) is 6.42 Å². The number of aliphatic hydroxyl groups excluding tert-OH is 1. The normalized spacial score (nSPS) is 14.4. The van der Waals surface area contributed by atoms with E-state index in [-0.39, 0.29) is 19.1 Å². The third-order valence-corrected chi connectivity index (χ3v) is 14.0.